The van der Waals surface area contributed by atoms with Crippen LogP contribution in [0, 0.1) is 6.92 Å². The molecule has 0 radical (unpaired) electrons. The summed E-state index contributed by atoms with van der Waals surface area (Å²) in [6.45, 7) is 6.52. The molecule has 32 heavy (non-hydrogen) atoms. The lowest BCUT2D eigenvalue weighted by Crippen LogP contribution is -2.58. The molecule has 0 aliphatic carbocycles. The average molecular weight is 420 g/mol. The molecular formula is C26H25BN4O. The Morgan fingerprint density at radius 2 is 1.62 bits per heavy atom. The molecule has 1 atom stereocenters. The molecule has 4 heterocycles. The normalized spacial score (nSPS) is 17.6. The monoisotopic (exact) mass is 420 g/mol. The Hall–Kier alpha value is -3.67. The highest BCUT2D eigenvalue weighted by Crippen LogP contribution is 2.47. The molecule has 2 aromatic heterocycles. The van der Waals surface area contributed by atoms with Gasteiger partial charge in [-0.05, 0) is 64.2 Å². The predicted octanol–water partition coefficient (Wildman–Crippen LogP) is 6.02. The number of aromatic nitrogens is 1. The number of nitrogens with zero attached hydrogens (tertiary/aromatic N) is 4. The van der Waals surface area contributed by atoms with Crippen LogP contribution in [0.15, 0.2) is 76.6 Å². The fraction of sp³-hybridized carbons (Fsp3) is 0.192. The van der Waals surface area contributed by atoms with Gasteiger partial charge in [0.25, 0.3) is 0 Å². The topological polar surface area (TPSA) is 35.8 Å². The first-order chi connectivity index (χ1) is 15.5. The third-order valence-electron chi connectivity index (χ3n) is 6.67. The zero-order valence-electron chi connectivity index (χ0n) is 18.8. The molecule has 0 fully saturated rings. The van der Waals surface area contributed by atoms with E-state index in [2.05, 4.69) is 107 Å². The lowest BCUT2D eigenvalue weighted by atomic mass is 9.61. The van der Waals surface area contributed by atoms with E-state index in [1.54, 1.807) is 0 Å². The highest BCUT2D eigenvalue weighted by atomic mass is 16.4. The zero-order valence-corrected chi connectivity index (χ0v) is 18.8. The number of aryl methyl sites for hydroxylation is 1. The molecule has 2 aromatic carbocycles. The quantitative estimate of drug-likeness (QED) is 0.371. The Labute approximate surface area is 188 Å². The van der Waals surface area contributed by atoms with E-state index in [9.17, 15) is 0 Å². The predicted molar refractivity (Wildman–Crippen MR) is 134 cm³/mol. The maximum atomic E-state index is 6.29. The van der Waals surface area contributed by atoms with Gasteiger partial charge in [-0.2, -0.15) is 0 Å². The van der Waals surface area contributed by atoms with Crippen LogP contribution in [0.5, 0.6) is 0 Å². The van der Waals surface area contributed by atoms with Crippen LogP contribution in [0.4, 0.5) is 22.9 Å². The molecule has 4 aromatic rings. The molecule has 6 heteroatoms. The minimum Gasteiger partial charge on any atom is -0.423 e. The van der Waals surface area contributed by atoms with Crippen molar-refractivity contribution in [3.05, 3.63) is 83.5 Å². The molecule has 2 aliphatic rings. The van der Waals surface area contributed by atoms with Crippen molar-refractivity contribution in [3.63, 3.8) is 0 Å². The number of hydrogen-bond acceptors (Lipinski definition) is 5. The number of furan rings is 1. The Morgan fingerprint density at radius 1 is 0.906 bits per heavy atom. The first kappa shape index (κ1) is 19.1. The number of anilines is 4. The summed E-state index contributed by atoms with van der Waals surface area (Å²) in [6, 6.07) is 23.4. The number of para-hydroxylation sites is 3. The molecule has 5 nitrogen and oxygen atoms in total. The Kier molecular flexibility index (Phi) is 4.12. The summed E-state index contributed by atoms with van der Waals surface area (Å²) in [5.74, 6) is 0.872. The van der Waals surface area contributed by atoms with Gasteiger partial charge in [0.2, 0.25) is 5.71 Å². The zero-order chi connectivity index (χ0) is 22.0. The molecule has 0 N–H and O–H groups in total. The van der Waals surface area contributed by atoms with E-state index in [1.165, 1.54) is 22.5 Å². The summed E-state index contributed by atoms with van der Waals surface area (Å²) in [7, 11) is 2.12. The smallest absolute Gasteiger partial charge is 0.410 e. The van der Waals surface area contributed by atoms with E-state index < -0.39 is 0 Å². The van der Waals surface area contributed by atoms with Gasteiger partial charge in [-0.3, -0.25) is 0 Å². The van der Waals surface area contributed by atoms with Crippen LogP contribution in [0.3, 0.4) is 0 Å². The molecule has 158 valence electrons. The van der Waals surface area contributed by atoms with Gasteiger partial charge in [0.1, 0.15) is 0 Å². The fourth-order valence-corrected chi connectivity index (χ4v) is 5.30. The van der Waals surface area contributed by atoms with Gasteiger partial charge in [-0.1, -0.05) is 41.9 Å². The van der Waals surface area contributed by atoms with Gasteiger partial charge in [0, 0.05) is 22.3 Å². The molecule has 0 bridgehead atoms. The van der Waals surface area contributed by atoms with Crippen molar-refractivity contribution in [2.45, 2.75) is 26.9 Å². The maximum absolute atomic E-state index is 6.29. The van der Waals surface area contributed by atoms with Crippen LogP contribution in [0.25, 0.3) is 17.2 Å². The lowest BCUT2D eigenvalue weighted by Gasteiger charge is -2.40. The fourth-order valence-electron chi connectivity index (χ4n) is 5.30. The van der Waals surface area contributed by atoms with Crippen molar-refractivity contribution in [1.82, 2.24) is 4.98 Å². The third kappa shape index (κ3) is 2.62. The van der Waals surface area contributed by atoms with E-state index in [0.717, 1.165) is 22.5 Å². The minimum atomic E-state index is 0.0361. The van der Waals surface area contributed by atoms with Gasteiger partial charge < -0.3 is 18.9 Å². The van der Waals surface area contributed by atoms with Crippen molar-refractivity contribution in [2.24, 2.45) is 0 Å². The van der Waals surface area contributed by atoms with Crippen LogP contribution in [0.1, 0.15) is 25.1 Å². The molecule has 6 rings (SSSR count). The van der Waals surface area contributed by atoms with E-state index in [4.69, 9.17) is 4.42 Å². The molecule has 2 aliphatic heterocycles. The largest absolute Gasteiger partial charge is 0.423 e. The number of fused-ring (bicyclic) bond motifs is 4. The van der Waals surface area contributed by atoms with Gasteiger partial charge in [0.05, 0.1) is 17.5 Å². The van der Waals surface area contributed by atoms with Crippen molar-refractivity contribution < 1.29 is 4.42 Å². The average Bonchev–Trinajstić information content (AvgIpc) is 3.29. The summed E-state index contributed by atoms with van der Waals surface area (Å²) in [4.78, 5) is 11.8. The van der Waals surface area contributed by atoms with E-state index >= 15 is 0 Å². The third-order valence-corrected chi connectivity index (χ3v) is 6.67. The molecule has 0 saturated carbocycles. The second kappa shape index (κ2) is 6.92. The lowest BCUT2D eigenvalue weighted by molar-refractivity contribution is 0.604. The van der Waals surface area contributed by atoms with Gasteiger partial charge in [-0.15, -0.1) is 0 Å². The number of benzene rings is 2. The number of hydrogen-bond donors (Lipinski definition) is 0. The summed E-state index contributed by atoms with van der Waals surface area (Å²) in [5.41, 5.74) is 7.70. The number of rotatable bonds is 2. The minimum absolute atomic E-state index is 0.0361. The molecular weight excluding hydrogens is 395 g/mol. The Bertz CT molecular complexity index is 1360. The first-order valence-corrected chi connectivity index (χ1v) is 11.1. The van der Waals surface area contributed by atoms with Crippen molar-refractivity contribution in [2.75, 3.05) is 21.6 Å². The highest BCUT2D eigenvalue weighted by molar-refractivity contribution is 6.76. The summed E-state index contributed by atoms with van der Waals surface area (Å²) in [6.07, 6.45) is 2.40. The first-order valence-electron chi connectivity index (χ1n) is 11.1. The summed E-state index contributed by atoms with van der Waals surface area (Å²) < 4.78 is 6.29. The number of allylic oxidation sites excluding steroid dienone is 1. The SMILES string of the molecule is CC1=Cc2c(oc3nc(C)ccc23)N(C)B1N1c2ccccc2N(c2ccccc2)[C@@H]1C. The second-order valence-corrected chi connectivity index (χ2v) is 8.73. The molecule has 0 amide bonds. The van der Waals surface area contributed by atoms with Crippen molar-refractivity contribution in [1.29, 1.82) is 0 Å². The maximum Gasteiger partial charge on any atom is 0.410 e. The Balaban J connectivity index is 1.48. The number of pyridine rings is 1. The van der Waals surface area contributed by atoms with Crippen LogP contribution in [-0.2, 0) is 0 Å². The highest BCUT2D eigenvalue weighted by Gasteiger charge is 2.45. The van der Waals surface area contributed by atoms with Gasteiger partial charge in [0.15, 0.2) is 5.88 Å². The van der Waals surface area contributed by atoms with Crippen molar-refractivity contribution >= 4 is 47.1 Å². The molecule has 0 spiro atoms. The van der Waals surface area contributed by atoms with E-state index in [-0.39, 0.29) is 13.1 Å². The summed E-state index contributed by atoms with van der Waals surface area (Å²) in [5, 5.41) is 1.07. The second-order valence-electron chi connectivity index (χ2n) is 8.73. The van der Waals surface area contributed by atoms with Gasteiger partial charge in [-0.25, -0.2) is 4.98 Å². The molecule has 0 saturated heterocycles. The van der Waals surface area contributed by atoms with Crippen LogP contribution in [-0.4, -0.2) is 25.2 Å². The van der Waals surface area contributed by atoms with Gasteiger partial charge >= 0.3 is 6.98 Å². The molecule has 0 unspecified atom stereocenters. The van der Waals surface area contributed by atoms with E-state index in [0.29, 0.717) is 5.71 Å². The standard InChI is InChI=1S/C26H25BN4O/c1-17-16-22-21-15-14-18(2)28-25(21)32-26(22)29(4)27(17)31-19(3)30(20-10-6-5-7-11-20)23-12-8-9-13-24(23)31/h5-16,19H,1-4H3/t19-/m0/s1. The van der Waals surface area contributed by atoms with Crippen molar-refractivity contribution in [3.8, 4) is 0 Å². The summed E-state index contributed by atoms with van der Waals surface area (Å²) >= 11 is 0. The Morgan fingerprint density at radius 3 is 2.41 bits per heavy atom. The van der Waals surface area contributed by atoms with Crippen LogP contribution >= 0.6 is 0 Å². The van der Waals surface area contributed by atoms with Crippen LogP contribution < -0.4 is 14.5 Å². The van der Waals surface area contributed by atoms with E-state index in [1.807, 2.05) is 13.0 Å². The van der Waals surface area contributed by atoms with Crippen LogP contribution in [0.2, 0.25) is 0 Å².